The smallest absolute Gasteiger partial charge is 0.231 e. The van der Waals surface area contributed by atoms with E-state index in [0.29, 0.717) is 6.79 Å². The molecule has 1 aliphatic heterocycles. The van der Waals surface area contributed by atoms with Gasteiger partial charge in [0.2, 0.25) is 6.79 Å². The lowest BCUT2D eigenvalue weighted by molar-refractivity contribution is 0.0970. The molecule has 0 amide bonds. The molecule has 72 valence electrons. The van der Waals surface area contributed by atoms with Crippen molar-refractivity contribution in [3.63, 3.8) is 0 Å². The summed E-state index contributed by atoms with van der Waals surface area (Å²) in [6, 6.07) is 0. The van der Waals surface area contributed by atoms with Crippen LogP contribution >= 0.6 is 0 Å². The third kappa shape index (κ3) is 2.38. The van der Waals surface area contributed by atoms with Crippen molar-refractivity contribution in [1.29, 1.82) is 0 Å². The van der Waals surface area contributed by atoms with Gasteiger partial charge in [-0.05, 0) is 31.9 Å². The highest BCUT2D eigenvalue weighted by molar-refractivity contribution is 5.32. The third-order valence-electron chi connectivity index (χ3n) is 1.81. The van der Waals surface area contributed by atoms with Crippen molar-refractivity contribution in [1.82, 2.24) is 0 Å². The van der Waals surface area contributed by atoms with Crippen molar-refractivity contribution in [3.8, 4) is 0 Å². The number of hydrogen-bond donors (Lipinski definition) is 0. The summed E-state index contributed by atoms with van der Waals surface area (Å²) in [5.74, 6) is 1.75. The summed E-state index contributed by atoms with van der Waals surface area (Å²) in [7, 11) is 0. The summed E-state index contributed by atoms with van der Waals surface area (Å²) < 4.78 is 10.7. The van der Waals surface area contributed by atoms with Crippen LogP contribution in [-0.2, 0) is 9.47 Å². The highest BCUT2D eigenvalue weighted by Crippen LogP contribution is 2.25. The predicted octanol–water partition coefficient (Wildman–Crippen LogP) is 3.13. The van der Waals surface area contributed by atoms with Gasteiger partial charge in [0.15, 0.2) is 11.5 Å². The topological polar surface area (TPSA) is 18.5 Å². The zero-order chi connectivity index (χ0) is 9.68. The molecule has 1 rings (SSSR count). The summed E-state index contributed by atoms with van der Waals surface area (Å²) >= 11 is 0. The molecule has 1 heterocycles. The molecule has 0 N–H and O–H groups in total. The minimum atomic E-state index is 0.343. The SMILES string of the molecule is C\C=C/C(C)=C1/OCO/C1=C/CC. The molecule has 2 nitrogen and oxygen atoms in total. The second-order valence-corrected chi connectivity index (χ2v) is 2.90. The first-order chi connectivity index (χ1) is 6.29. The molecule has 2 heteroatoms. The highest BCUT2D eigenvalue weighted by Gasteiger charge is 2.17. The first-order valence-corrected chi connectivity index (χ1v) is 4.59. The van der Waals surface area contributed by atoms with Gasteiger partial charge in [-0.1, -0.05) is 19.1 Å². The number of rotatable bonds is 2. The Hall–Kier alpha value is -1.18. The van der Waals surface area contributed by atoms with E-state index in [1.165, 1.54) is 0 Å². The van der Waals surface area contributed by atoms with Crippen molar-refractivity contribution in [2.45, 2.75) is 27.2 Å². The maximum Gasteiger partial charge on any atom is 0.231 e. The van der Waals surface area contributed by atoms with Crippen molar-refractivity contribution < 1.29 is 9.47 Å². The van der Waals surface area contributed by atoms with Gasteiger partial charge in [0.05, 0.1) is 0 Å². The molecule has 13 heavy (non-hydrogen) atoms. The minimum absolute atomic E-state index is 0.343. The Kier molecular flexibility index (Phi) is 3.62. The second kappa shape index (κ2) is 4.75. The Balaban J connectivity index is 2.90. The van der Waals surface area contributed by atoms with Gasteiger partial charge >= 0.3 is 0 Å². The molecule has 0 bridgehead atoms. The van der Waals surface area contributed by atoms with Crippen LogP contribution in [0.25, 0.3) is 0 Å². The van der Waals surface area contributed by atoms with Crippen molar-refractivity contribution in [2.24, 2.45) is 0 Å². The lowest BCUT2D eigenvalue weighted by Crippen LogP contribution is -1.86. The van der Waals surface area contributed by atoms with Crippen LogP contribution in [0.15, 0.2) is 35.3 Å². The van der Waals surface area contributed by atoms with Gasteiger partial charge in [0.1, 0.15) is 0 Å². The highest BCUT2D eigenvalue weighted by atomic mass is 16.7. The Bertz CT molecular complexity index is 259. The summed E-state index contributed by atoms with van der Waals surface area (Å²) in [6.45, 7) is 6.43. The van der Waals surface area contributed by atoms with Crippen LogP contribution in [0.5, 0.6) is 0 Å². The molecule has 1 fully saturated rings. The molecule has 0 atom stereocenters. The molecular formula is C11H16O2. The van der Waals surface area contributed by atoms with Gasteiger partial charge in [0, 0.05) is 0 Å². The molecule has 0 radical (unpaired) electrons. The van der Waals surface area contributed by atoms with Crippen LogP contribution in [0.2, 0.25) is 0 Å². The van der Waals surface area contributed by atoms with E-state index in [1.807, 2.05) is 32.1 Å². The standard InChI is InChI=1S/C11H16O2/c1-4-6-9(3)11-10(7-5-2)12-8-13-11/h4,6-7H,5,8H2,1-3H3/b6-4-,10-7+,11-9+. The van der Waals surface area contributed by atoms with Gasteiger partial charge in [0.25, 0.3) is 0 Å². The lowest BCUT2D eigenvalue weighted by atomic mass is 10.2. The van der Waals surface area contributed by atoms with Crippen LogP contribution < -0.4 is 0 Å². The maximum atomic E-state index is 5.37. The number of ether oxygens (including phenoxy) is 2. The summed E-state index contributed by atoms with van der Waals surface area (Å²) in [5.41, 5.74) is 1.11. The fourth-order valence-corrected chi connectivity index (χ4v) is 1.26. The van der Waals surface area contributed by atoms with Crippen molar-refractivity contribution in [2.75, 3.05) is 6.79 Å². The van der Waals surface area contributed by atoms with E-state index in [9.17, 15) is 0 Å². The van der Waals surface area contributed by atoms with E-state index >= 15 is 0 Å². The van der Waals surface area contributed by atoms with Gasteiger partial charge < -0.3 is 9.47 Å². The lowest BCUT2D eigenvalue weighted by Gasteiger charge is -1.99. The first kappa shape index (κ1) is 9.90. The minimum Gasteiger partial charge on any atom is -0.454 e. The molecule has 0 spiro atoms. The van der Waals surface area contributed by atoms with Crippen LogP contribution in [-0.4, -0.2) is 6.79 Å². The van der Waals surface area contributed by atoms with Gasteiger partial charge in [-0.2, -0.15) is 0 Å². The fourth-order valence-electron chi connectivity index (χ4n) is 1.26. The molecule has 0 aliphatic carbocycles. The molecule has 1 aliphatic rings. The summed E-state index contributed by atoms with van der Waals surface area (Å²) in [4.78, 5) is 0. The first-order valence-electron chi connectivity index (χ1n) is 4.59. The zero-order valence-electron chi connectivity index (χ0n) is 8.46. The van der Waals surface area contributed by atoms with Crippen molar-refractivity contribution >= 4 is 0 Å². The third-order valence-corrected chi connectivity index (χ3v) is 1.81. The largest absolute Gasteiger partial charge is 0.454 e. The van der Waals surface area contributed by atoms with E-state index in [-0.39, 0.29) is 0 Å². The molecule has 0 unspecified atom stereocenters. The maximum absolute atomic E-state index is 5.37. The Morgan fingerprint density at radius 1 is 1.46 bits per heavy atom. The van der Waals surface area contributed by atoms with E-state index in [2.05, 4.69) is 6.92 Å². The average Bonchev–Trinajstić information content (AvgIpc) is 2.54. The quantitative estimate of drug-likeness (QED) is 0.650. The van der Waals surface area contributed by atoms with E-state index in [1.54, 1.807) is 0 Å². The molecule has 0 saturated carbocycles. The fraction of sp³-hybridized carbons (Fsp3) is 0.455. The van der Waals surface area contributed by atoms with E-state index in [0.717, 1.165) is 23.5 Å². The Morgan fingerprint density at radius 3 is 2.85 bits per heavy atom. The summed E-state index contributed by atoms with van der Waals surface area (Å²) in [6.07, 6.45) is 7.02. The van der Waals surface area contributed by atoms with Gasteiger partial charge in [-0.3, -0.25) is 0 Å². The van der Waals surface area contributed by atoms with Crippen molar-refractivity contribution in [3.05, 3.63) is 35.3 Å². The monoisotopic (exact) mass is 180 g/mol. The molecule has 1 saturated heterocycles. The molecule has 0 aromatic rings. The van der Waals surface area contributed by atoms with Crippen LogP contribution in [0.4, 0.5) is 0 Å². The van der Waals surface area contributed by atoms with Crippen LogP contribution in [0, 0.1) is 0 Å². The second-order valence-electron chi connectivity index (χ2n) is 2.90. The molecule has 0 aromatic heterocycles. The average molecular weight is 180 g/mol. The van der Waals surface area contributed by atoms with Gasteiger partial charge in [-0.25, -0.2) is 0 Å². The molecule has 0 aromatic carbocycles. The normalized spacial score (nSPS) is 23.5. The van der Waals surface area contributed by atoms with E-state index < -0.39 is 0 Å². The Morgan fingerprint density at radius 2 is 2.23 bits per heavy atom. The van der Waals surface area contributed by atoms with E-state index in [4.69, 9.17) is 9.47 Å². The number of allylic oxidation sites excluding steroid dienone is 4. The van der Waals surface area contributed by atoms with Crippen LogP contribution in [0.3, 0.4) is 0 Å². The summed E-state index contributed by atoms with van der Waals surface area (Å²) in [5, 5.41) is 0. The predicted molar refractivity (Wildman–Crippen MR) is 52.9 cm³/mol. The van der Waals surface area contributed by atoms with Gasteiger partial charge in [-0.15, -0.1) is 0 Å². The Labute approximate surface area is 79.5 Å². The number of hydrogen-bond acceptors (Lipinski definition) is 2. The molecular weight excluding hydrogens is 164 g/mol. The van der Waals surface area contributed by atoms with Crippen LogP contribution in [0.1, 0.15) is 27.2 Å². The zero-order valence-corrected chi connectivity index (χ0v) is 8.46.